The predicted octanol–water partition coefficient (Wildman–Crippen LogP) is 3.61. The highest BCUT2D eigenvalue weighted by atomic mass is 16.3. The van der Waals surface area contributed by atoms with Gasteiger partial charge in [0, 0.05) is 17.5 Å². The Morgan fingerprint density at radius 1 is 1.00 bits per heavy atom. The van der Waals surface area contributed by atoms with Gasteiger partial charge in [0.05, 0.1) is 5.56 Å². The highest BCUT2D eigenvalue weighted by molar-refractivity contribution is 6.11. The number of ketones is 2. The molecule has 20 heavy (non-hydrogen) atoms. The van der Waals surface area contributed by atoms with Gasteiger partial charge in [0.15, 0.2) is 11.6 Å². The maximum absolute atomic E-state index is 12.2. The molecule has 0 spiro atoms. The Kier molecular flexibility index (Phi) is 4.31. The molecule has 2 rings (SSSR count). The Morgan fingerprint density at radius 3 is 2.30 bits per heavy atom. The molecule has 0 aliphatic rings. The zero-order chi connectivity index (χ0) is 14.5. The highest BCUT2D eigenvalue weighted by Gasteiger charge is 2.15. The first-order valence-electron chi connectivity index (χ1n) is 6.59. The zero-order valence-corrected chi connectivity index (χ0v) is 11.3. The topological polar surface area (TPSA) is 54.4 Å². The van der Waals surface area contributed by atoms with Crippen LogP contribution in [-0.4, -0.2) is 16.7 Å². The lowest BCUT2D eigenvalue weighted by atomic mass is 9.99. The van der Waals surface area contributed by atoms with Gasteiger partial charge in [-0.3, -0.25) is 9.59 Å². The minimum Gasteiger partial charge on any atom is -0.507 e. The number of phenolic OH excluding ortho intramolecular Hbond substituents is 1. The van der Waals surface area contributed by atoms with Crippen molar-refractivity contribution in [1.29, 1.82) is 0 Å². The van der Waals surface area contributed by atoms with E-state index in [-0.39, 0.29) is 22.9 Å². The molecule has 0 aliphatic heterocycles. The van der Waals surface area contributed by atoms with Crippen molar-refractivity contribution in [1.82, 2.24) is 0 Å². The lowest BCUT2D eigenvalue weighted by Gasteiger charge is -2.06. The van der Waals surface area contributed by atoms with Crippen LogP contribution in [0, 0.1) is 0 Å². The summed E-state index contributed by atoms with van der Waals surface area (Å²) < 4.78 is 0. The fourth-order valence-electron chi connectivity index (χ4n) is 2.01. The molecule has 0 fully saturated rings. The summed E-state index contributed by atoms with van der Waals surface area (Å²) in [7, 11) is 0. The summed E-state index contributed by atoms with van der Waals surface area (Å²) in [6.07, 6.45) is 1.19. The third-order valence-electron chi connectivity index (χ3n) is 3.08. The van der Waals surface area contributed by atoms with E-state index in [1.165, 1.54) is 12.1 Å². The number of aromatic hydroxyl groups is 1. The maximum Gasteiger partial charge on any atom is 0.196 e. The van der Waals surface area contributed by atoms with Gasteiger partial charge in [-0.15, -0.1) is 0 Å². The van der Waals surface area contributed by atoms with Crippen LogP contribution in [0.3, 0.4) is 0 Å². The number of phenols is 1. The van der Waals surface area contributed by atoms with E-state index >= 15 is 0 Å². The van der Waals surface area contributed by atoms with E-state index < -0.39 is 0 Å². The Bertz CT molecular complexity index is 630. The molecule has 2 aromatic rings. The fraction of sp³-hybridized carbons (Fsp3) is 0.176. The van der Waals surface area contributed by atoms with Gasteiger partial charge in [-0.2, -0.15) is 0 Å². The van der Waals surface area contributed by atoms with E-state index in [9.17, 15) is 14.7 Å². The van der Waals surface area contributed by atoms with Gasteiger partial charge in [0.25, 0.3) is 0 Å². The van der Waals surface area contributed by atoms with Crippen molar-refractivity contribution < 1.29 is 14.7 Å². The smallest absolute Gasteiger partial charge is 0.196 e. The molecular weight excluding hydrogens is 252 g/mol. The van der Waals surface area contributed by atoms with Gasteiger partial charge in [-0.05, 0) is 18.6 Å². The highest BCUT2D eigenvalue weighted by Crippen LogP contribution is 2.23. The van der Waals surface area contributed by atoms with E-state index in [0.717, 1.165) is 6.42 Å². The van der Waals surface area contributed by atoms with Gasteiger partial charge in [0.2, 0.25) is 0 Å². The minimum atomic E-state index is -0.252. The lowest BCUT2D eigenvalue weighted by Crippen LogP contribution is -2.04. The van der Waals surface area contributed by atoms with Gasteiger partial charge < -0.3 is 5.11 Å². The number of carbonyl (C=O) groups is 2. The second-order valence-corrected chi connectivity index (χ2v) is 4.60. The molecule has 0 aliphatic carbocycles. The van der Waals surface area contributed by atoms with E-state index in [1.807, 2.05) is 13.0 Å². The van der Waals surface area contributed by atoms with Crippen molar-refractivity contribution in [3.05, 3.63) is 65.2 Å². The van der Waals surface area contributed by atoms with Crippen LogP contribution in [0.4, 0.5) is 0 Å². The van der Waals surface area contributed by atoms with E-state index in [1.54, 1.807) is 30.3 Å². The molecule has 102 valence electrons. The van der Waals surface area contributed by atoms with Crippen molar-refractivity contribution in [2.45, 2.75) is 19.8 Å². The second kappa shape index (κ2) is 6.15. The van der Waals surface area contributed by atoms with Crippen molar-refractivity contribution in [2.24, 2.45) is 0 Å². The van der Waals surface area contributed by atoms with Crippen LogP contribution in [0.15, 0.2) is 48.5 Å². The summed E-state index contributed by atoms with van der Waals surface area (Å²) in [6, 6.07) is 13.2. The van der Waals surface area contributed by atoms with Crippen LogP contribution in [0.2, 0.25) is 0 Å². The predicted molar refractivity (Wildman–Crippen MR) is 77.2 cm³/mol. The number of carbonyl (C=O) groups excluding carboxylic acids is 2. The van der Waals surface area contributed by atoms with Crippen molar-refractivity contribution >= 4 is 11.6 Å². The van der Waals surface area contributed by atoms with Gasteiger partial charge in [-0.1, -0.05) is 43.3 Å². The molecule has 0 bridgehead atoms. The molecule has 3 nitrogen and oxygen atoms in total. The molecule has 2 aromatic carbocycles. The van der Waals surface area contributed by atoms with Crippen molar-refractivity contribution in [3.63, 3.8) is 0 Å². The summed E-state index contributed by atoms with van der Waals surface area (Å²) in [5.74, 6) is -0.431. The molecule has 0 radical (unpaired) electrons. The number of benzene rings is 2. The number of rotatable bonds is 5. The fourth-order valence-corrected chi connectivity index (χ4v) is 2.01. The minimum absolute atomic E-state index is 0.0264. The maximum atomic E-state index is 12.2. The van der Waals surface area contributed by atoms with Gasteiger partial charge in [-0.25, -0.2) is 0 Å². The molecule has 0 unspecified atom stereocenters. The van der Waals surface area contributed by atoms with E-state index in [2.05, 4.69) is 0 Å². The lowest BCUT2D eigenvalue weighted by molar-refractivity contribution is 0.0978. The first kappa shape index (κ1) is 14.0. The zero-order valence-electron chi connectivity index (χ0n) is 11.3. The molecule has 0 amide bonds. The molecule has 1 N–H and O–H groups in total. The summed E-state index contributed by atoms with van der Waals surface area (Å²) in [5, 5.41) is 9.97. The quantitative estimate of drug-likeness (QED) is 0.843. The third-order valence-corrected chi connectivity index (χ3v) is 3.08. The van der Waals surface area contributed by atoms with Crippen LogP contribution in [0.5, 0.6) is 5.75 Å². The van der Waals surface area contributed by atoms with Gasteiger partial charge in [0.1, 0.15) is 5.75 Å². The van der Waals surface area contributed by atoms with E-state index in [0.29, 0.717) is 17.5 Å². The first-order valence-corrected chi connectivity index (χ1v) is 6.59. The largest absolute Gasteiger partial charge is 0.507 e. The van der Waals surface area contributed by atoms with Crippen LogP contribution in [0.1, 0.15) is 46.0 Å². The SMILES string of the molecule is CCCC(=O)c1ccc(C(=O)c2ccccc2)c(O)c1. The number of hydrogen-bond acceptors (Lipinski definition) is 3. The normalized spacial score (nSPS) is 10.2. The number of Topliss-reactive ketones (excluding diaryl/α,β-unsaturated/α-hetero) is 1. The Labute approximate surface area is 117 Å². The monoisotopic (exact) mass is 268 g/mol. The average molecular weight is 268 g/mol. The molecule has 0 atom stereocenters. The Balaban J connectivity index is 2.31. The summed E-state index contributed by atoms with van der Waals surface area (Å²) in [4.78, 5) is 24.0. The van der Waals surface area contributed by atoms with Crippen molar-refractivity contribution in [3.8, 4) is 5.75 Å². The average Bonchev–Trinajstić information content (AvgIpc) is 2.47. The molecule has 0 heterocycles. The van der Waals surface area contributed by atoms with Crippen LogP contribution >= 0.6 is 0 Å². The molecule has 0 saturated carbocycles. The summed E-state index contributed by atoms with van der Waals surface area (Å²) >= 11 is 0. The second-order valence-electron chi connectivity index (χ2n) is 4.60. The van der Waals surface area contributed by atoms with E-state index in [4.69, 9.17) is 0 Å². The third kappa shape index (κ3) is 2.94. The summed E-state index contributed by atoms with van der Waals surface area (Å²) in [6.45, 7) is 1.92. The first-order chi connectivity index (χ1) is 9.63. The Morgan fingerprint density at radius 2 is 1.70 bits per heavy atom. The molecule has 3 heteroatoms. The number of hydrogen-bond donors (Lipinski definition) is 1. The Hall–Kier alpha value is -2.42. The van der Waals surface area contributed by atoms with Crippen molar-refractivity contribution in [2.75, 3.05) is 0 Å². The molecule has 0 aromatic heterocycles. The summed E-state index contributed by atoms with van der Waals surface area (Å²) in [5.41, 5.74) is 1.16. The molecule has 0 saturated heterocycles. The van der Waals surface area contributed by atoms with Gasteiger partial charge >= 0.3 is 0 Å². The van der Waals surface area contributed by atoms with Crippen LogP contribution in [0.25, 0.3) is 0 Å². The standard InChI is InChI=1S/C17H16O3/c1-2-6-15(18)13-9-10-14(16(19)11-13)17(20)12-7-4-3-5-8-12/h3-5,7-11,19H,2,6H2,1H3. The molecular formula is C17H16O3. The van der Waals surface area contributed by atoms with Crippen LogP contribution in [-0.2, 0) is 0 Å². The van der Waals surface area contributed by atoms with Crippen LogP contribution < -0.4 is 0 Å².